The van der Waals surface area contributed by atoms with Gasteiger partial charge >= 0.3 is 0 Å². The highest BCUT2D eigenvalue weighted by Gasteiger charge is 2.40. The van der Waals surface area contributed by atoms with Crippen molar-refractivity contribution in [1.82, 2.24) is 9.88 Å². The van der Waals surface area contributed by atoms with Crippen molar-refractivity contribution in [2.24, 2.45) is 0 Å². The van der Waals surface area contributed by atoms with Crippen LogP contribution in [0.3, 0.4) is 0 Å². The number of carbonyl (C=O) groups is 2. The number of carbonyl (C=O) groups excluding carboxylic acids is 2. The van der Waals surface area contributed by atoms with E-state index in [0.29, 0.717) is 33.2 Å². The first-order valence-corrected chi connectivity index (χ1v) is 9.96. The van der Waals surface area contributed by atoms with E-state index in [0.717, 1.165) is 5.76 Å². The van der Waals surface area contributed by atoms with Crippen LogP contribution in [0, 0.1) is 0 Å². The zero-order valence-corrected chi connectivity index (χ0v) is 16.5. The van der Waals surface area contributed by atoms with Gasteiger partial charge in [0.1, 0.15) is 11.5 Å². The van der Waals surface area contributed by atoms with E-state index in [1.807, 2.05) is 24.3 Å². The number of para-hydroxylation sites is 1. The monoisotopic (exact) mass is 406 g/mol. The number of imide groups is 1. The number of aromatic nitrogens is 1. The molecule has 1 aromatic carbocycles. The van der Waals surface area contributed by atoms with Crippen LogP contribution in [-0.2, 0) is 21.9 Å². The molecule has 6 nitrogen and oxygen atoms in total. The Kier molecular flexibility index (Phi) is 5.48. The molecule has 1 aliphatic heterocycles. The first-order valence-electron chi connectivity index (χ1n) is 8.98. The van der Waals surface area contributed by atoms with Gasteiger partial charge in [-0.2, -0.15) is 0 Å². The Bertz CT molecular complexity index is 1060. The van der Waals surface area contributed by atoms with Crippen LogP contribution >= 0.6 is 11.8 Å². The molecule has 4 rings (SSSR count). The van der Waals surface area contributed by atoms with Crippen molar-refractivity contribution in [1.29, 1.82) is 0 Å². The lowest BCUT2D eigenvalue weighted by atomic mass is 10.1. The van der Waals surface area contributed by atoms with Gasteiger partial charge in [0.2, 0.25) is 0 Å². The average molecular weight is 406 g/mol. The minimum Gasteiger partial charge on any atom is -0.496 e. The summed E-state index contributed by atoms with van der Waals surface area (Å²) in [7, 11) is 1.54. The molecule has 7 heteroatoms. The van der Waals surface area contributed by atoms with Gasteiger partial charge in [0.05, 0.1) is 41.8 Å². The maximum atomic E-state index is 13.3. The molecule has 2 aromatic heterocycles. The Balaban J connectivity index is 1.72. The normalized spacial score (nSPS) is 14.0. The van der Waals surface area contributed by atoms with E-state index < -0.39 is 0 Å². The number of pyridine rings is 1. The molecule has 0 saturated heterocycles. The number of furan rings is 1. The molecule has 2 amide bonds. The van der Waals surface area contributed by atoms with Gasteiger partial charge in [0.15, 0.2) is 0 Å². The molecule has 0 unspecified atom stereocenters. The summed E-state index contributed by atoms with van der Waals surface area (Å²) >= 11 is 1.29. The summed E-state index contributed by atoms with van der Waals surface area (Å²) in [4.78, 5) is 32.3. The summed E-state index contributed by atoms with van der Waals surface area (Å²) in [6.07, 6.45) is 3.22. The highest BCUT2D eigenvalue weighted by Crippen LogP contribution is 2.40. The molecule has 0 atom stereocenters. The van der Waals surface area contributed by atoms with Gasteiger partial charge in [-0.3, -0.25) is 19.5 Å². The Morgan fingerprint density at radius 1 is 1.03 bits per heavy atom. The van der Waals surface area contributed by atoms with Crippen LogP contribution in [0.2, 0.25) is 0 Å². The van der Waals surface area contributed by atoms with Crippen molar-refractivity contribution in [3.8, 4) is 5.75 Å². The van der Waals surface area contributed by atoms with Crippen molar-refractivity contribution in [3.05, 3.63) is 89.0 Å². The third-order valence-corrected chi connectivity index (χ3v) is 5.58. The van der Waals surface area contributed by atoms with E-state index >= 15 is 0 Å². The molecule has 3 heterocycles. The fraction of sp³-hybridized carbons (Fsp3) is 0.136. The lowest BCUT2D eigenvalue weighted by molar-refractivity contribution is -0.137. The SMILES string of the molecule is COc1ccccc1C1=C(SCc2ccco2)C(=O)N(Cc2ccccn2)C1=O. The summed E-state index contributed by atoms with van der Waals surface area (Å²) in [6.45, 7) is 0.113. The molecule has 3 aromatic rings. The predicted octanol–water partition coefficient (Wildman–Crippen LogP) is 3.90. The van der Waals surface area contributed by atoms with E-state index in [1.54, 1.807) is 49.9 Å². The van der Waals surface area contributed by atoms with Crippen molar-refractivity contribution >= 4 is 29.1 Å². The van der Waals surface area contributed by atoms with E-state index in [1.165, 1.54) is 16.7 Å². The second-order valence-electron chi connectivity index (χ2n) is 6.29. The summed E-state index contributed by atoms with van der Waals surface area (Å²) in [5, 5.41) is 0. The largest absolute Gasteiger partial charge is 0.496 e. The van der Waals surface area contributed by atoms with Crippen LogP contribution < -0.4 is 4.74 Å². The fourth-order valence-electron chi connectivity index (χ4n) is 3.11. The summed E-state index contributed by atoms with van der Waals surface area (Å²) in [5.74, 6) is 1.02. The molecule has 0 radical (unpaired) electrons. The molecular formula is C22H18N2O4S. The zero-order valence-electron chi connectivity index (χ0n) is 15.7. The number of rotatable bonds is 7. The third kappa shape index (κ3) is 3.82. The van der Waals surface area contributed by atoms with Gasteiger partial charge < -0.3 is 9.15 Å². The van der Waals surface area contributed by atoms with Crippen molar-refractivity contribution < 1.29 is 18.7 Å². The summed E-state index contributed by atoms with van der Waals surface area (Å²) in [5.41, 5.74) is 1.59. The van der Waals surface area contributed by atoms with Gasteiger partial charge in [-0.1, -0.05) is 24.3 Å². The van der Waals surface area contributed by atoms with E-state index in [9.17, 15) is 9.59 Å². The number of methoxy groups -OCH3 is 1. The number of nitrogens with zero attached hydrogens (tertiary/aromatic N) is 2. The maximum Gasteiger partial charge on any atom is 0.268 e. The number of ether oxygens (including phenoxy) is 1. The Morgan fingerprint density at radius 2 is 1.86 bits per heavy atom. The van der Waals surface area contributed by atoms with Crippen LogP contribution in [-0.4, -0.2) is 28.8 Å². The van der Waals surface area contributed by atoms with Crippen LogP contribution in [0.5, 0.6) is 5.75 Å². The fourth-order valence-corrected chi connectivity index (χ4v) is 4.14. The number of hydrogen-bond acceptors (Lipinski definition) is 6. The van der Waals surface area contributed by atoms with E-state index in [-0.39, 0.29) is 18.4 Å². The first kappa shape index (κ1) is 19.0. The topological polar surface area (TPSA) is 72.6 Å². The standard InChI is InChI=1S/C22H18N2O4S/c1-27-18-10-3-2-9-17(18)19-20(29-14-16-8-6-12-28-16)22(26)24(21(19)25)13-15-7-4-5-11-23-15/h2-12H,13-14H2,1H3. The second-order valence-corrected chi connectivity index (χ2v) is 7.28. The highest BCUT2D eigenvalue weighted by atomic mass is 32.2. The van der Waals surface area contributed by atoms with Gasteiger partial charge in [-0.15, -0.1) is 11.8 Å². The van der Waals surface area contributed by atoms with Crippen molar-refractivity contribution in [2.75, 3.05) is 7.11 Å². The average Bonchev–Trinajstić information content (AvgIpc) is 3.35. The number of hydrogen-bond donors (Lipinski definition) is 0. The lowest BCUT2D eigenvalue weighted by Gasteiger charge is -2.15. The van der Waals surface area contributed by atoms with E-state index in [2.05, 4.69) is 4.98 Å². The minimum absolute atomic E-state index is 0.113. The molecule has 0 N–H and O–H groups in total. The van der Waals surface area contributed by atoms with Gasteiger partial charge in [-0.25, -0.2) is 0 Å². The quantitative estimate of drug-likeness (QED) is 0.554. The number of benzene rings is 1. The Labute approximate surface area is 172 Å². The minimum atomic E-state index is -0.355. The number of amides is 2. The molecule has 0 spiro atoms. The molecule has 0 bridgehead atoms. The van der Waals surface area contributed by atoms with Crippen LogP contribution in [0.1, 0.15) is 17.0 Å². The zero-order chi connectivity index (χ0) is 20.2. The molecule has 29 heavy (non-hydrogen) atoms. The third-order valence-electron chi connectivity index (χ3n) is 4.49. The lowest BCUT2D eigenvalue weighted by Crippen LogP contribution is -2.31. The molecule has 1 aliphatic rings. The smallest absolute Gasteiger partial charge is 0.268 e. The van der Waals surface area contributed by atoms with Gasteiger partial charge in [0, 0.05) is 11.8 Å². The van der Waals surface area contributed by atoms with Gasteiger partial charge in [-0.05, 0) is 30.3 Å². The Hall–Kier alpha value is -3.32. The predicted molar refractivity (Wildman–Crippen MR) is 110 cm³/mol. The molecular weight excluding hydrogens is 388 g/mol. The Morgan fingerprint density at radius 3 is 2.59 bits per heavy atom. The first-order chi connectivity index (χ1) is 14.2. The molecule has 0 fully saturated rings. The summed E-state index contributed by atoms with van der Waals surface area (Å²) < 4.78 is 10.8. The van der Waals surface area contributed by atoms with Gasteiger partial charge in [0.25, 0.3) is 11.8 Å². The van der Waals surface area contributed by atoms with Crippen molar-refractivity contribution in [2.45, 2.75) is 12.3 Å². The maximum absolute atomic E-state index is 13.3. The molecule has 146 valence electrons. The van der Waals surface area contributed by atoms with E-state index in [4.69, 9.17) is 9.15 Å². The van der Waals surface area contributed by atoms with Crippen LogP contribution in [0.4, 0.5) is 0 Å². The molecule has 0 aliphatic carbocycles. The van der Waals surface area contributed by atoms with Crippen LogP contribution in [0.15, 0.2) is 76.4 Å². The molecule has 0 saturated carbocycles. The second kappa shape index (κ2) is 8.36. The van der Waals surface area contributed by atoms with Crippen LogP contribution in [0.25, 0.3) is 5.57 Å². The van der Waals surface area contributed by atoms with Crippen molar-refractivity contribution in [3.63, 3.8) is 0 Å². The highest BCUT2D eigenvalue weighted by molar-refractivity contribution is 8.03. The summed E-state index contributed by atoms with van der Waals surface area (Å²) in [6, 6.07) is 16.2. The number of thioether (sulfide) groups is 1.